The highest BCUT2D eigenvalue weighted by atomic mass is 32.1. The Kier molecular flexibility index (Phi) is 7.81. The maximum absolute atomic E-state index is 13.5. The molecular formula is C33H28N4O3S. The van der Waals surface area contributed by atoms with E-state index in [2.05, 4.69) is 22.9 Å². The number of carbonyl (C=O) groups is 2. The van der Waals surface area contributed by atoms with E-state index in [-0.39, 0.29) is 10.7 Å². The van der Waals surface area contributed by atoms with E-state index < -0.39 is 11.8 Å². The molecule has 0 atom stereocenters. The predicted molar refractivity (Wildman–Crippen MR) is 163 cm³/mol. The molecule has 1 aliphatic heterocycles. The number of amides is 2. The summed E-state index contributed by atoms with van der Waals surface area (Å²) in [5.41, 5.74) is 6.65. The molecule has 8 heteroatoms. The van der Waals surface area contributed by atoms with E-state index in [0.29, 0.717) is 23.6 Å². The van der Waals surface area contributed by atoms with Crippen LogP contribution in [0, 0.1) is 25.2 Å². The quantitative estimate of drug-likeness (QED) is 0.172. The van der Waals surface area contributed by atoms with Gasteiger partial charge in [-0.3, -0.25) is 19.8 Å². The Balaban J connectivity index is 1.39. The van der Waals surface area contributed by atoms with Crippen molar-refractivity contribution < 1.29 is 14.3 Å². The molecule has 0 saturated carbocycles. The summed E-state index contributed by atoms with van der Waals surface area (Å²) in [6, 6.07) is 26.7. The van der Waals surface area contributed by atoms with E-state index in [1.807, 2.05) is 86.6 Å². The van der Waals surface area contributed by atoms with Gasteiger partial charge in [0.05, 0.1) is 17.3 Å². The molecule has 1 fully saturated rings. The first kappa shape index (κ1) is 27.6. The van der Waals surface area contributed by atoms with Crippen molar-refractivity contribution in [2.75, 3.05) is 4.90 Å². The van der Waals surface area contributed by atoms with Crippen molar-refractivity contribution >= 4 is 40.9 Å². The van der Waals surface area contributed by atoms with Gasteiger partial charge in [-0.15, -0.1) is 0 Å². The molecule has 1 aliphatic rings. The molecular weight excluding hydrogens is 532 g/mol. The highest BCUT2D eigenvalue weighted by Gasteiger charge is 2.34. The molecule has 0 spiro atoms. The average Bonchev–Trinajstić information content (AvgIpc) is 3.26. The molecule has 0 radical (unpaired) electrons. The maximum Gasteiger partial charge on any atom is 0.270 e. The minimum Gasteiger partial charge on any atom is -0.489 e. The van der Waals surface area contributed by atoms with Gasteiger partial charge in [-0.2, -0.15) is 5.26 Å². The van der Waals surface area contributed by atoms with Gasteiger partial charge in [-0.25, -0.2) is 0 Å². The van der Waals surface area contributed by atoms with Crippen molar-refractivity contribution in [3.63, 3.8) is 0 Å². The van der Waals surface area contributed by atoms with Gasteiger partial charge in [0.25, 0.3) is 11.8 Å². The summed E-state index contributed by atoms with van der Waals surface area (Å²) >= 11 is 5.34. The van der Waals surface area contributed by atoms with E-state index >= 15 is 0 Å². The molecule has 7 nitrogen and oxygen atoms in total. The van der Waals surface area contributed by atoms with Gasteiger partial charge in [0.15, 0.2) is 5.11 Å². The third kappa shape index (κ3) is 5.53. The van der Waals surface area contributed by atoms with Crippen LogP contribution in [0.25, 0.3) is 11.8 Å². The van der Waals surface area contributed by atoms with Crippen molar-refractivity contribution in [2.45, 2.75) is 33.8 Å². The Morgan fingerprint density at radius 2 is 1.66 bits per heavy atom. The summed E-state index contributed by atoms with van der Waals surface area (Å²) in [5, 5.41) is 12.0. The lowest BCUT2D eigenvalue weighted by molar-refractivity contribution is -0.122. The zero-order chi connectivity index (χ0) is 29.1. The number of hydrogen-bond donors (Lipinski definition) is 1. The Labute approximate surface area is 244 Å². The molecule has 0 bridgehead atoms. The van der Waals surface area contributed by atoms with Crippen LogP contribution in [0.5, 0.6) is 5.75 Å². The molecule has 0 unspecified atom stereocenters. The van der Waals surface area contributed by atoms with Crippen molar-refractivity contribution in [3.8, 4) is 17.5 Å². The molecule has 4 aromatic rings. The zero-order valence-electron chi connectivity index (χ0n) is 23.0. The van der Waals surface area contributed by atoms with Crippen LogP contribution >= 0.6 is 12.2 Å². The Bertz CT molecular complexity index is 1730. The molecule has 41 heavy (non-hydrogen) atoms. The van der Waals surface area contributed by atoms with Crippen LogP contribution in [0.15, 0.2) is 84.4 Å². The molecule has 5 rings (SSSR count). The third-order valence-corrected chi connectivity index (χ3v) is 7.39. The second kappa shape index (κ2) is 11.6. The topological polar surface area (TPSA) is 87.4 Å². The van der Waals surface area contributed by atoms with E-state index in [0.717, 1.165) is 40.2 Å². The molecule has 2 amide bonds. The van der Waals surface area contributed by atoms with Crippen LogP contribution in [0.1, 0.15) is 40.6 Å². The highest BCUT2D eigenvalue weighted by Crippen LogP contribution is 2.27. The number of carbonyl (C=O) groups excluding carboxylic acids is 2. The van der Waals surface area contributed by atoms with Gasteiger partial charge >= 0.3 is 0 Å². The molecule has 1 N–H and O–H groups in total. The standard InChI is InChI=1S/C33H28N4O3S/c1-4-23-9-11-28(12-10-23)37-32(39)30(31(38)35-33(37)41)18-26-17-21(2)36(22(26)3)27-13-15-29(16-14-27)40-20-25-8-6-5-7-24(25)19-34/h5-18H,4,20H2,1-3H3,(H,35,38,41)/b30-18+. The largest absolute Gasteiger partial charge is 0.489 e. The predicted octanol–water partition coefficient (Wildman–Crippen LogP) is 5.94. The number of anilines is 1. The van der Waals surface area contributed by atoms with Gasteiger partial charge in [-0.1, -0.05) is 37.3 Å². The minimum atomic E-state index is -0.522. The van der Waals surface area contributed by atoms with Crippen LogP contribution in [-0.2, 0) is 22.6 Å². The highest BCUT2D eigenvalue weighted by molar-refractivity contribution is 7.80. The number of aromatic nitrogens is 1. The minimum absolute atomic E-state index is 0.0137. The summed E-state index contributed by atoms with van der Waals surface area (Å²) < 4.78 is 7.97. The summed E-state index contributed by atoms with van der Waals surface area (Å²) in [4.78, 5) is 27.7. The summed E-state index contributed by atoms with van der Waals surface area (Å²) in [6.07, 6.45) is 2.50. The fraction of sp³-hybridized carbons (Fsp3) is 0.152. The second-order valence-electron chi connectivity index (χ2n) is 9.69. The van der Waals surface area contributed by atoms with Crippen LogP contribution in [0.3, 0.4) is 0 Å². The van der Waals surface area contributed by atoms with Crippen LogP contribution in [-0.4, -0.2) is 21.5 Å². The second-order valence-corrected chi connectivity index (χ2v) is 10.1. The van der Waals surface area contributed by atoms with Crippen molar-refractivity contribution in [3.05, 3.63) is 118 Å². The van der Waals surface area contributed by atoms with E-state index in [4.69, 9.17) is 17.0 Å². The van der Waals surface area contributed by atoms with Crippen molar-refractivity contribution in [1.29, 1.82) is 5.26 Å². The zero-order valence-corrected chi connectivity index (χ0v) is 23.8. The number of nitriles is 1. The number of aryl methyl sites for hydroxylation is 2. The number of benzene rings is 3. The number of nitrogens with one attached hydrogen (secondary N) is 1. The Morgan fingerprint density at radius 3 is 2.34 bits per heavy atom. The van der Waals surface area contributed by atoms with E-state index in [1.165, 1.54) is 4.90 Å². The van der Waals surface area contributed by atoms with Crippen LogP contribution < -0.4 is 15.0 Å². The summed E-state index contributed by atoms with van der Waals surface area (Å²) in [6.45, 7) is 6.27. The lowest BCUT2D eigenvalue weighted by Gasteiger charge is -2.29. The van der Waals surface area contributed by atoms with Gasteiger partial charge < -0.3 is 9.30 Å². The molecule has 204 valence electrons. The Hall–Kier alpha value is -5.00. The summed E-state index contributed by atoms with van der Waals surface area (Å²) in [7, 11) is 0. The van der Waals surface area contributed by atoms with E-state index in [1.54, 1.807) is 12.1 Å². The molecule has 1 aromatic heterocycles. The summed E-state index contributed by atoms with van der Waals surface area (Å²) in [5.74, 6) is -0.309. The number of hydrogen-bond acceptors (Lipinski definition) is 5. The number of ether oxygens (including phenoxy) is 1. The fourth-order valence-electron chi connectivity index (χ4n) is 4.87. The lowest BCUT2D eigenvalue weighted by Crippen LogP contribution is -2.54. The van der Waals surface area contributed by atoms with Gasteiger partial charge in [0.2, 0.25) is 0 Å². The van der Waals surface area contributed by atoms with Gasteiger partial charge in [0.1, 0.15) is 17.9 Å². The molecule has 1 saturated heterocycles. The third-order valence-electron chi connectivity index (χ3n) is 7.10. The van der Waals surface area contributed by atoms with Crippen molar-refractivity contribution in [2.24, 2.45) is 0 Å². The molecule has 2 heterocycles. The molecule has 0 aliphatic carbocycles. The van der Waals surface area contributed by atoms with Gasteiger partial charge in [-0.05, 0) is 98.2 Å². The van der Waals surface area contributed by atoms with E-state index in [9.17, 15) is 14.9 Å². The fourth-order valence-corrected chi connectivity index (χ4v) is 5.15. The Morgan fingerprint density at radius 1 is 0.976 bits per heavy atom. The van der Waals surface area contributed by atoms with Crippen LogP contribution in [0.4, 0.5) is 5.69 Å². The monoisotopic (exact) mass is 560 g/mol. The lowest BCUT2D eigenvalue weighted by atomic mass is 10.1. The molecule has 3 aromatic carbocycles. The number of nitrogens with zero attached hydrogens (tertiary/aromatic N) is 3. The number of rotatable bonds is 7. The SMILES string of the molecule is CCc1ccc(N2C(=O)/C(=C/c3cc(C)n(-c4ccc(OCc5ccccc5C#N)cc4)c3C)C(=O)NC2=S)cc1. The van der Waals surface area contributed by atoms with Gasteiger partial charge in [0, 0.05) is 22.6 Å². The maximum atomic E-state index is 13.5. The van der Waals surface area contributed by atoms with Crippen molar-refractivity contribution in [1.82, 2.24) is 9.88 Å². The van der Waals surface area contributed by atoms with Crippen LogP contribution in [0.2, 0.25) is 0 Å². The first-order valence-electron chi connectivity index (χ1n) is 13.2. The first-order valence-corrected chi connectivity index (χ1v) is 13.6. The number of thiocarbonyl (C=S) groups is 1. The first-order chi connectivity index (χ1) is 19.8. The smallest absolute Gasteiger partial charge is 0.270 e. The normalized spacial score (nSPS) is 14.2. The average molecular weight is 561 g/mol.